The van der Waals surface area contributed by atoms with Gasteiger partial charge < -0.3 is 15.4 Å². The maximum Gasteiger partial charge on any atom is 0.123 e. The van der Waals surface area contributed by atoms with Gasteiger partial charge in [0.15, 0.2) is 0 Å². The Morgan fingerprint density at radius 3 is 2.62 bits per heavy atom. The molecular formula is C13H22N2O. The molecule has 0 amide bonds. The van der Waals surface area contributed by atoms with Gasteiger partial charge in [0.1, 0.15) is 5.75 Å². The van der Waals surface area contributed by atoms with Crippen molar-refractivity contribution in [3.05, 3.63) is 29.8 Å². The minimum atomic E-state index is 0.879. The molecule has 0 saturated heterocycles. The van der Waals surface area contributed by atoms with E-state index in [2.05, 4.69) is 16.7 Å². The Morgan fingerprint density at radius 2 is 1.88 bits per heavy atom. The third-order valence-electron chi connectivity index (χ3n) is 2.54. The lowest BCUT2D eigenvalue weighted by Crippen LogP contribution is -2.17. The highest BCUT2D eigenvalue weighted by molar-refractivity contribution is 5.32. The van der Waals surface area contributed by atoms with Crippen LogP contribution < -0.4 is 15.4 Å². The number of methoxy groups -OCH3 is 1. The Labute approximate surface area is 98.2 Å². The molecule has 16 heavy (non-hydrogen) atoms. The van der Waals surface area contributed by atoms with Crippen LogP contribution in [0.2, 0.25) is 0 Å². The molecule has 1 aromatic rings. The maximum atomic E-state index is 5.29. The largest absolute Gasteiger partial charge is 0.496 e. The minimum absolute atomic E-state index is 0.879. The van der Waals surface area contributed by atoms with Crippen molar-refractivity contribution in [2.45, 2.75) is 19.4 Å². The molecule has 90 valence electrons. The van der Waals surface area contributed by atoms with Crippen LogP contribution >= 0.6 is 0 Å². The highest BCUT2D eigenvalue weighted by Gasteiger charge is 1.99. The van der Waals surface area contributed by atoms with E-state index in [0.29, 0.717) is 0 Å². The summed E-state index contributed by atoms with van der Waals surface area (Å²) in [6.45, 7) is 3.03. The average molecular weight is 222 g/mol. The summed E-state index contributed by atoms with van der Waals surface area (Å²) in [4.78, 5) is 0. The fourth-order valence-corrected chi connectivity index (χ4v) is 1.62. The standard InChI is InChI=1S/C13H22N2O/c1-14-9-5-6-10-15-11-12-7-3-4-8-13(12)16-2/h3-4,7-8,14-15H,5-6,9-11H2,1-2H3. The maximum absolute atomic E-state index is 5.29. The predicted molar refractivity (Wildman–Crippen MR) is 67.9 cm³/mol. The van der Waals surface area contributed by atoms with E-state index in [1.807, 2.05) is 25.2 Å². The van der Waals surface area contributed by atoms with Gasteiger partial charge in [-0.15, -0.1) is 0 Å². The van der Waals surface area contributed by atoms with Crippen molar-refractivity contribution in [2.75, 3.05) is 27.2 Å². The first-order valence-electron chi connectivity index (χ1n) is 5.85. The van der Waals surface area contributed by atoms with Gasteiger partial charge in [-0.2, -0.15) is 0 Å². The molecule has 0 heterocycles. The van der Waals surface area contributed by atoms with Gasteiger partial charge in [-0.05, 0) is 39.0 Å². The van der Waals surface area contributed by atoms with Crippen molar-refractivity contribution in [3.8, 4) is 5.75 Å². The zero-order valence-electron chi connectivity index (χ0n) is 10.3. The Bertz CT molecular complexity index is 289. The Morgan fingerprint density at radius 1 is 1.12 bits per heavy atom. The van der Waals surface area contributed by atoms with Crippen molar-refractivity contribution >= 4 is 0 Å². The van der Waals surface area contributed by atoms with E-state index < -0.39 is 0 Å². The summed E-state index contributed by atoms with van der Waals surface area (Å²) in [5.41, 5.74) is 1.22. The zero-order valence-corrected chi connectivity index (χ0v) is 10.3. The monoisotopic (exact) mass is 222 g/mol. The van der Waals surface area contributed by atoms with Crippen LogP contribution in [0.5, 0.6) is 5.75 Å². The molecule has 1 rings (SSSR count). The predicted octanol–water partition coefficient (Wildman–Crippen LogP) is 1.78. The Kier molecular flexibility index (Phi) is 6.61. The highest BCUT2D eigenvalue weighted by atomic mass is 16.5. The van der Waals surface area contributed by atoms with Crippen LogP contribution in [0.4, 0.5) is 0 Å². The van der Waals surface area contributed by atoms with E-state index in [1.165, 1.54) is 18.4 Å². The van der Waals surface area contributed by atoms with Crippen LogP contribution in [0.1, 0.15) is 18.4 Å². The lowest BCUT2D eigenvalue weighted by atomic mass is 10.2. The van der Waals surface area contributed by atoms with Crippen molar-refractivity contribution in [1.29, 1.82) is 0 Å². The second kappa shape index (κ2) is 8.13. The number of para-hydroxylation sites is 1. The van der Waals surface area contributed by atoms with E-state index in [1.54, 1.807) is 7.11 Å². The normalized spacial score (nSPS) is 10.4. The summed E-state index contributed by atoms with van der Waals surface area (Å²) < 4.78 is 5.29. The first kappa shape index (κ1) is 13.0. The molecule has 0 aliphatic heterocycles. The molecule has 0 saturated carbocycles. The third kappa shape index (κ3) is 4.64. The van der Waals surface area contributed by atoms with E-state index in [4.69, 9.17) is 4.74 Å². The molecule has 3 heteroatoms. The van der Waals surface area contributed by atoms with Gasteiger partial charge in [-0.25, -0.2) is 0 Å². The molecule has 0 bridgehead atoms. The second-order valence-corrected chi connectivity index (χ2v) is 3.80. The molecule has 0 spiro atoms. The minimum Gasteiger partial charge on any atom is -0.496 e. The summed E-state index contributed by atoms with van der Waals surface area (Å²) in [5.74, 6) is 0.963. The molecular weight excluding hydrogens is 200 g/mol. The summed E-state index contributed by atoms with van der Waals surface area (Å²) in [6, 6.07) is 8.13. The average Bonchev–Trinajstić information content (AvgIpc) is 2.34. The number of unbranched alkanes of at least 4 members (excludes halogenated alkanes) is 1. The van der Waals surface area contributed by atoms with E-state index in [-0.39, 0.29) is 0 Å². The summed E-state index contributed by atoms with van der Waals surface area (Å²) in [5, 5.41) is 6.57. The SMILES string of the molecule is CNCCCCNCc1ccccc1OC. The molecule has 0 aliphatic rings. The van der Waals surface area contributed by atoms with Crippen LogP contribution in [0.15, 0.2) is 24.3 Å². The van der Waals surface area contributed by atoms with Gasteiger partial charge in [0.2, 0.25) is 0 Å². The number of hydrogen-bond acceptors (Lipinski definition) is 3. The zero-order chi connectivity index (χ0) is 11.6. The van der Waals surface area contributed by atoms with Crippen LogP contribution in [0, 0.1) is 0 Å². The van der Waals surface area contributed by atoms with Crippen molar-refractivity contribution in [2.24, 2.45) is 0 Å². The van der Waals surface area contributed by atoms with Crippen molar-refractivity contribution in [1.82, 2.24) is 10.6 Å². The fourth-order valence-electron chi connectivity index (χ4n) is 1.62. The fraction of sp³-hybridized carbons (Fsp3) is 0.538. The molecule has 0 aliphatic carbocycles. The molecule has 1 aromatic carbocycles. The van der Waals surface area contributed by atoms with E-state index in [0.717, 1.165) is 25.4 Å². The topological polar surface area (TPSA) is 33.3 Å². The molecule has 3 nitrogen and oxygen atoms in total. The smallest absolute Gasteiger partial charge is 0.123 e. The summed E-state index contributed by atoms with van der Waals surface area (Å²) >= 11 is 0. The van der Waals surface area contributed by atoms with E-state index in [9.17, 15) is 0 Å². The van der Waals surface area contributed by atoms with Gasteiger partial charge in [0, 0.05) is 12.1 Å². The molecule has 0 aromatic heterocycles. The first-order valence-corrected chi connectivity index (χ1v) is 5.85. The number of nitrogens with one attached hydrogen (secondary N) is 2. The van der Waals surface area contributed by atoms with Crippen LogP contribution in [0.3, 0.4) is 0 Å². The Balaban J connectivity index is 2.21. The number of ether oxygens (including phenoxy) is 1. The summed E-state index contributed by atoms with van der Waals surface area (Å²) in [7, 11) is 3.70. The van der Waals surface area contributed by atoms with Crippen LogP contribution in [0.25, 0.3) is 0 Å². The second-order valence-electron chi connectivity index (χ2n) is 3.80. The number of rotatable bonds is 8. The van der Waals surface area contributed by atoms with Gasteiger partial charge >= 0.3 is 0 Å². The Hall–Kier alpha value is -1.06. The number of hydrogen-bond donors (Lipinski definition) is 2. The molecule has 0 fully saturated rings. The van der Waals surface area contributed by atoms with Crippen LogP contribution in [-0.4, -0.2) is 27.2 Å². The van der Waals surface area contributed by atoms with Gasteiger partial charge in [-0.3, -0.25) is 0 Å². The van der Waals surface area contributed by atoms with Gasteiger partial charge in [0.05, 0.1) is 7.11 Å². The number of benzene rings is 1. The van der Waals surface area contributed by atoms with Crippen molar-refractivity contribution in [3.63, 3.8) is 0 Å². The quantitative estimate of drug-likeness (QED) is 0.658. The van der Waals surface area contributed by atoms with Gasteiger partial charge in [0.25, 0.3) is 0 Å². The lowest BCUT2D eigenvalue weighted by Gasteiger charge is -2.09. The molecule has 0 radical (unpaired) electrons. The molecule has 0 atom stereocenters. The van der Waals surface area contributed by atoms with Crippen molar-refractivity contribution < 1.29 is 4.74 Å². The lowest BCUT2D eigenvalue weighted by molar-refractivity contribution is 0.407. The third-order valence-corrected chi connectivity index (χ3v) is 2.54. The molecule has 2 N–H and O–H groups in total. The highest BCUT2D eigenvalue weighted by Crippen LogP contribution is 2.16. The van der Waals surface area contributed by atoms with E-state index >= 15 is 0 Å². The first-order chi connectivity index (χ1) is 7.88. The van der Waals surface area contributed by atoms with Crippen LogP contribution in [-0.2, 0) is 6.54 Å². The molecule has 0 unspecified atom stereocenters. The van der Waals surface area contributed by atoms with Gasteiger partial charge in [-0.1, -0.05) is 18.2 Å². The summed E-state index contributed by atoms with van der Waals surface area (Å²) in [6.07, 6.45) is 2.42.